The number of hydrogen-bond donors (Lipinski definition) is 3. The maximum Gasteiger partial charge on any atom is 0.251 e. The third-order valence-electron chi connectivity index (χ3n) is 3.28. The van der Waals surface area contributed by atoms with Crippen molar-refractivity contribution in [1.29, 1.82) is 0 Å². The predicted molar refractivity (Wildman–Crippen MR) is 94.0 cm³/mol. The van der Waals surface area contributed by atoms with E-state index in [4.69, 9.17) is 0 Å². The van der Waals surface area contributed by atoms with Gasteiger partial charge in [-0.3, -0.25) is 14.4 Å². The number of nitrogens with zero attached hydrogens (tertiary/aromatic N) is 1. The van der Waals surface area contributed by atoms with Crippen LogP contribution < -0.4 is 16.0 Å². The van der Waals surface area contributed by atoms with E-state index in [1.54, 1.807) is 42.5 Å². The van der Waals surface area contributed by atoms with Crippen LogP contribution >= 0.6 is 0 Å². The monoisotopic (exact) mass is 340 g/mol. The first kappa shape index (κ1) is 18.1. The minimum atomic E-state index is -0.356. The summed E-state index contributed by atoms with van der Waals surface area (Å²) in [5, 5.41) is 7.76. The normalized spacial score (nSPS) is 9.96. The van der Waals surface area contributed by atoms with Crippen LogP contribution in [0.5, 0.6) is 0 Å². The van der Waals surface area contributed by atoms with Crippen LogP contribution in [0.1, 0.15) is 22.5 Å². The summed E-state index contributed by atoms with van der Waals surface area (Å²) in [6, 6.07) is 14.0. The lowest BCUT2D eigenvalue weighted by Gasteiger charge is -2.08. The Morgan fingerprint density at radius 3 is 2.40 bits per heavy atom. The average molecular weight is 340 g/mol. The summed E-state index contributed by atoms with van der Waals surface area (Å²) < 4.78 is 0. The summed E-state index contributed by atoms with van der Waals surface area (Å²) in [5.41, 5.74) is 1.29. The molecule has 3 amide bonds. The maximum atomic E-state index is 11.8. The molecular formula is C18H20N4O3. The van der Waals surface area contributed by atoms with Crippen LogP contribution in [0.4, 0.5) is 5.82 Å². The molecule has 0 atom stereocenters. The highest BCUT2D eigenvalue weighted by molar-refractivity contribution is 5.96. The number of amides is 3. The number of nitrogens with one attached hydrogen (secondary N) is 3. The van der Waals surface area contributed by atoms with Crippen molar-refractivity contribution in [1.82, 2.24) is 15.6 Å². The Labute approximate surface area is 145 Å². The second-order valence-corrected chi connectivity index (χ2v) is 5.36. The highest BCUT2D eigenvalue weighted by Crippen LogP contribution is 2.03. The van der Waals surface area contributed by atoms with Crippen molar-refractivity contribution in [3.05, 3.63) is 59.8 Å². The molecule has 3 N–H and O–H groups in total. The van der Waals surface area contributed by atoms with Gasteiger partial charge in [0.1, 0.15) is 5.82 Å². The summed E-state index contributed by atoms with van der Waals surface area (Å²) in [6.07, 6.45) is 0.119. The van der Waals surface area contributed by atoms with Crippen molar-refractivity contribution in [3.63, 3.8) is 0 Å². The highest BCUT2D eigenvalue weighted by Gasteiger charge is 2.08. The molecule has 2 aromatic rings. The fraction of sp³-hybridized carbons (Fsp3) is 0.222. The molecule has 130 valence electrons. The van der Waals surface area contributed by atoms with Gasteiger partial charge in [0.25, 0.3) is 5.91 Å². The first-order valence-electron chi connectivity index (χ1n) is 7.88. The van der Waals surface area contributed by atoms with Gasteiger partial charge in [0.05, 0.1) is 6.54 Å². The van der Waals surface area contributed by atoms with E-state index >= 15 is 0 Å². The average Bonchev–Trinajstić information content (AvgIpc) is 2.60. The summed E-state index contributed by atoms with van der Waals surface area (Å²) in [6.45, 7) is 1.87. The number of hydrogen-bond acceptors (Lipinski definition) is 4. The van der Waals surface area contributed by atoms with Crippen LogP contribution in [-0.4, -0.2) is 35.8 Å². The molecule has 0 saturated heterocycles. The van der Waals surface area contributed by atoms with Crippen molar-refractivity contribution in [3.8, 4) is 0 Å². The Hall–Kier alpha value is -3.22. The third kappa shape index (κ3) is 6.42. The van der Waals surface area contributed by atoms with Crippen LogP contribution in [0, 0.1) is 6.92 Å². The maximum absolute atomic E-state index is 11.8. The number of aryl methyl sites for hydroxylation is 1. The van der Waals surface area contributed by atoms with Gasteiger partial charge in [-0.25, -0.2) is 4.98 Å². The zero-order valence-electron chi connectivity index (χ0n) is 13.9. The topological polar surface area (TPSA) is 100 Å². The molecule has 1 aromatic carbocycles. The third-order valence-corrected chi connectivity index (χ3v) is 3.28. The van der Waals surface area contributed by atoms with Gasteiger partial charge in [0, 0.05) is 24.2 Å². The summed E-state index contributed by atoms with van der Waals surface area (Å²) in [7, 11) is 0. The molecule has 0 spiro atoms. The van der Waals surface area contributed by atoms with Crippen molar-refractivity contribution in [2.45, 2.75) is 13.3 Å². The smallest absolute Gasteiger partial charge is 0.251 e. The number of anilines is 1. The standard InChI is InChI=1S/C18H20N4O3/c1-13-6-5-9-15(21-13)22-16(23)10-11-19-17(24)12-20-18(25)14-7-3-2-4-8-14/h2-9H,10-12H2,1H3,(H,19,24)(H,20,25)(H,21,22,23). The summed E-state index contributed by atoms with van der Waals surface area (Å²) in [5.74, 6) is -0.442. The summed E-state index contributed by atoms with van der Waals surface area (Å²) >= 11 is 0. The zero-order chi connectivity index (χ0) is 18.1. The molecule has 0 aliphatic rings. The Kier molecular flexibility index (Phi) is 6.65. The molecule has 1 heterocycles. The molecule has 0 radical (unpaired) electrons. The van der Waals surface area contributed by atoms with Gasteiger partial charge in [-0.1, -0.05) is 24.3 Å². The van der Waals surface area contributed by atoms with Crippen LogP contribution in [0.3, 0.4) is 0 Å². The van der Waals surface area contributed by atoms with Gasteiger partial charge < -0.3 is 16.0 Å². The molecule has 0 aliphatic heterocycles. The minimum Gasteiger partial charge on any atom is -0.354 e. The van der Waals surface area contributed by atoms with E-state index in [2.05, 4.69) is 20.9 Å². The SMILES string of the molecule is Cc1cccc(NC(=O)CCNC(=O)CNC(=O)c2ccccc2)n1. The molecule has 0 aliphatic carbocycles. The molecular weight excluding hydrogens is 320 g/mol. The lowest BCUT2D eigenvalue weighted by atomic mass is 10.2. The first-order chi connectivity index (χ1) is 12.0. The lowest BCUT2D eigenvalue weighted by Crippen LogP contribution is -2.38. The van der Waals surface area contributed by atoms with Crippen LogP contribution in [0.25, 0.3) is 0 Å². The fourth-order valence-electron chi connectivity index (χ4n) is 2.05. The molecule has 0 bridgehead atoms. The van der Waals surface area contributed by atoms with Crippen molar-refractivity contribution < 1.29 is 14.4 Å². The second-order valence-electron chi connectivity index (χ2n) is 5.36. The van der Waals surface area contributed by atoms with Gasteiger partial charge in [0.2, 0.25) is 11.8 Å². The Morgan fingerprint density at radius 2 is 1.68 bits per heavy atom. The number of aromatic nitrogens is 1. The van der Waals surface area contributed by atoms with E-state index < -0.39 is 0 Å². The quantitative estimate of drug-likeness (QED) is 0.706. The molecule has 7 heteroatoms. The molecule has 25 heavy (non-hydrogen) atoms. The molecule has 0 fully saturated rings. The van der Waals surface area contributed by atoms with Crippen molar-refractivity contribution in [2.75, 3.05) is 18.4 Å². The number of benzene rings is 1. The van der Waals surface area contributed by atoms with Gasteiger partial charge in [0.15, 0.2) is 0 Å². The zero-order valence-corrected chi connectivity index (χ0v) is 13.9. The van der Waals surface area contributed by atoms with E-state index in [-0.39, 0.29) is 37.2 Å². The van der Waals surface area contributed by atoms with E-state index in [0.29, 0.717) is 11.4 Å². The van der Waals surface area contributed by atoms with Gasteiger partial charge in [-0.2, -0.15) is 0 Å². The van der Waals surface area contributed by atoms with Crippen LogP contribution in [-0.2, 0) is 9.59 Å². The highest BCUT2D eigenvalue weighted by atomic mass is 16.2. The number of pyridine rings is 1. The molecule has 2 rings (SSSR count). The first-order valence-corrected chi connectivity index (χ1v) is 7.88. The Morgan fingerprint density at radius 1 is 0.920 bits per heavy atom. The Bertz CT molecular complexity index is 747. The molecule has 0 unspecified atom stereocenters. The number of carbonyl (C=O) groups excluding carboxylic acids is 3. The minimum absolute atomic E-state index is 0.119. The van der Waals surface area contributed by atoms with Crippen molar-refractivity contribution >= 4 is 23.5 Å². The number of carbonyl (C=O) groups is 3. The molecule has 1 aromatic heterocycles. The largest absolute Gasteiger partial charge is 0.354 e. The van der Waals surface area contributed by atoms with Crippen LogP contribution in [0.15, 0.2) is 48.5 Å². The predicted octanol–water partition coefficient (Wildman–Crippen LogP) is 1.26. The van der Waals surface area contributed by atoms with E-state index in [0.717, 1.165) is 5.69 Å². The molecule has 7 nitrogen and oxygen atoms in total. The van der Waals surface area contributed by atoms with Gasteiger partial charge in [-0.15, -0.1) is 0 Å². The van der Waals surface area contributed by atoms with E-state index in [1.165, 1.54) is 0 Å². The molecule has 0 saturated carbocycles. The van der Waals surface area contributed by atoms with Gasteiger partial charge in [-0.05, 0) is 31.2 Å². The number of rotatable bonds is 7. The lowest BCUT2D eigenvalue weighted by molar-refractivity contribution is -0.120. The van der Waals surface area contributed by atoms with Crippen LogP contribution in [0.2, 0.25) is 0 Å². The fourth-order valence-corrected chi connectivity index (χ4v) is 2.05. The van der Waals surface area contributed by atoms with E-state index in [9.17, 15) is 14.4 Å². The van der Waals surface area contributed by atoms with E-state index in [1.807, 2.05) is 13.0 Å². The summed E-state index contributed by atoms with van der Waals surface area (Å²) in [4.78, 5) is 39.4. The second kappa shape index (κ2) is 9.17. The van der Waals surface area contributed by atoms with Gasteiger partial charge >= 0.3 is 0 Å². The van der Waals surface area contributed by atoms with Crippen molar-refractivity contribution in [2.24, 2.45) is 0 Å². The Balaban J connectivity index is 1.65.